The van der Waals surface area contributed by atoms with Crippen molar-refractivity contribution in [2.75, 3.05) is 25.1 Å². The molecular weight excluding hydrogens is 350 g/mol. The van der Waals surface area contributed by atoms with Gasteiger partial charge in [-0.3, -0.25) is 9.88 Å². The summed E-state index contributed by atoms with van der Waals surface area (Å²) in [5.74, 6) is 0.673. The Balaban J connectivity index is 1.55. The largest absolute Gasteiger partial charge is 0.481 e. The zero-order chi connectivity index (χ0) is 19.3. The Kier molecular flexibility index (Phi) is 3.92. The van der Waals surface area contributed by atoms with Crippen LogP contribution in [0, 0.1) is 11.3 Å². The number of piperazine rings is 1. The van der Waals surface area contributed by atoms with Gasteiger partial charge in [0.25, 0.3) is 0 Å². The molecule has 0 amide bonds. The number of nitriles is 1. The van der Waals surface area contributed by atoms with Gasteiger partial charge in [-0.05, 0) is 36.8 Å². The van der Waals surface area contributed by atoms with Crippen molar-refractivity contribution in [2.24, 2.45) is 0 Å². The Hall–Kier alpha value is -3.17. The molecule has 2 aliphatic heterocycles. The van der Waals surface area contributed by atoms with Crippen molar-refractivity contribution in [3.63, 3.8) is 0 Å². The molecule has 0 N–H and O–H groups in total. The van der Waals surface area contributed by atoms with E-state index in [0.717, 1.165) is 41.9 Å². The summed E-state index contributed by atoms with van der Waals surface area (Å²) in [6, 6.07) is 15.0. The monoisotopic (exact) mass is 371 g/mol. The van der Waals surface area contributed by atoms with Crippen molar-refractivity contribution >= 4 is 16.6 Å². The van der Waals surface area contributed by atoms with E-state index in [1.165, 1.54) is 5.56 Å². The maximum absolute atomic E-state index is 9.43. The van der Waals surface area contributed by atoms with Crippen LogP contribution in [-0.4, -0.2) is 41.1 Å². The fourth-order valence-corrected chi connectivity index (χ4v) is 4.59. The summed E-state index contributed by atoms with van der Waals surface area (Å²) in [4.78, 5) is 14.1. The first-order chi connectivity index (χ1) is 13.7. The van der Waals surface area contributed by atoms with E-state index in [9.17, 15) is 5.26 Å². The van der Waals surface area contributed by atoms with E-state index >= 15 is 0 Å². The van der Waals surface area contributed by atoms with Crippen LogP contribution < -0.4 is 9.64 Å². The lowest BCUT2D eigenvalue weighted by Crippen LogP contribution is -2.51. The van der Waals surface area contributed by atoms with E-state index in [4.69, 9.17) is 4.74 Å². The van der Waals surface area contributed by atoms with E-state index in [1.807, 2.05) is 18.2 Å². The molecule has 2 atom stereocenters. The van der Waals surface area contributed by atoms with Gasteiger partial charge in [0.15, 0.2) is 0 Å². The van der Waals surface area contributed by atoms with E-state index in [2.05, 4.69) is 51.0 Å². The molecule has 0 unspecified atom stereocenters. The van der Waals surface area contributed by atoms with Crippen LogP contribution in [0.5, 0.6) is 5.88 Å². The number of benzene rings is 1. The number of pyridine rings is 2. The molecule has 0 aliphatic carbocycles. The molecule has 2 aliphatic rings. The highest BCUT2D eigenvalue weighted by molar-refractivity contribution is 5.95. The standard InChI is InChI=1S/C22H21N5O/c1-14-11-26(19-7-5-15(10-23)22-17(19)4-3-9-24-22)13-20-16-6-8-21(28-2)25-18(16)12-27(14)20/h3-9,14,20H,11-13H2,1-2H3/t14-,20-/m1/s1. The number of aromatic nitrogens is 2. The summed E-state index contributed by atoms with van der Waals surface area (Å²) in [6.07, 6.45) is 1.75. The van der Waals surface area contributed by atoms with E-state index in [1.54, 1.807) is 13.3 Å². The van der Waals surface area contributed by atoms with Crippen LogP contribution >= 0.6 is 0 Å². The van der Waals surface area contributed by atoms with Gasteiger partial charge < -0.3 is 9.64 Å². The van der Waals surface area contributed by atoms with E-state index < -0.39 is 0 Å². The lowest BCUT2D eigenvalue weighted by atomic mass is 10.0. The quantitative estimate of drug-likeness (QED) is 0.689. The number of methoxy groups -OCH3 is 1. The van der Waals surface area contributed by atoms with Crippen molar-refractivity contribution in [2.45, 2.75) is 25.6 Å². The van der Waals surface area contributed by atoms with Crippen LogP contribution in [0.2, 0.25) is 0 Å². The number of ether oxygens (including phenoxy) is 1. The average Bonchev–Trinajstić information content (AvgIpc) is 3.11. The Morgan fingerprint density at radius 2 is 2.07 bits per heavy atom. The molecule has 2 aromatic heterocycles. The fourth-order valence-electron chi connectivity index (χ4n) is 4.59. The van der Waals surface area contributed by atoms with Crippen molar-refractivity contribution < 1.29 is 4.74 Å². The Labute approximate surface area is 164 Å². The van der Waals surface area contributed by atoms with Crippen molar-refractivity contribution in [1.29, 1.82) is 5.26 Å². The van der Waals surface area contributed by atoms with Gasteiger partial charge in [-0.2, -0.15) is 5.26 Å². The second-order valence-corrected chi connectivity index (χ2v) is 7.48. The van der Waals surface area contributed by atoms with Gasteiger partial charge in [0.05, 0.1) is 29.9 Å². The van der Waals surface area contributed by atoms with Gasteiger partial charge in [0.1, 0.15) is 6.07 Å². The van der Waals surface area contributed by atoms with Crippen LogP contribution in [0.1, 0.15) is 29.8 Å². The minimum absolute atomic E-state index is 0.305. The minimum Gasteiger partial charge on any atom is -0.481 e. The third kappa shape index (κ3) is 2.51. The van der Waals surface area contributed by atoms with Crippen LogP contribution in [0.15, 0.2) is 42.6 Å². The Bertz CT molecular complexity index is 1110. The van der Waals surface area contributed by atoms with Gasteiger partial charge in [0.2, 0.25) is 5.88 Å². The number of hydrogen-bond acceptors (Lipinski definition) is 6. The molecule has 5 rings (SSSR count). The number of nitrogens with zero attached hydrogens (tertiary/aromatic N) is 5. The first-order valence-electron chi connectivity index (χ1n) is 9.52. The second kappa shape index (κ2) is 6.47. The van der Waals surface area contributed by atoms with Crippen LogP contribution in [0.3, 0.4) is 0 Å². The maximum Gasteiger partial charge on any atom is 0.213 e. The average molecular weight is 371 g/mol. The predicted molar refractivity (Wildman–Crippen MR) is 107 cm³/mol. The molecule has 1 saturated heterocycles. The predicted octanol–water partition coefficient (Wildman–Crippen LogP) is 3.28. The number of rotatable bonds is 2. The topological polar surface area (TPSA) is 65.3 Å². The highest BCUT2D eigenvalue weighted by atomic mass is 16.5. The molecule has 3 aromatic rings. The molecule has 140 valence electrons. The third-order valence-electron chi connectivity index (χ3n) is 5.94. The van der Waals surface area contributed by atoms with Gasteiger partial charge in [-0.25, -0.2) is 4.98 Å². The van der Waals surface area contributed by atoms with Gasteiger partial charge in [-0.1, -0.05) is 6.07 Å². The molecule has 28 heavy (non-hydrogen) atoms. The lowest BCUT2D eigenvalue weighted by Gasteiger charge is -2.43. The number of hydrogen-bond donors (Lipinski definition) is 0. The molecule has 1 aromatic carbocycles. The minimum atomic E-state index is 0.305. The fraction of sp³-hybridized carbons (Fsp3) is 0.318. The summed E-state index contributed by atoms with van der Waals surface area (Å²) in [5, 5.41) is 10.5. The van der Waals surface area contributed by atoms with Gasteiger partial charge >= 0.3 is 0 Å². The molecular formula is C22H21N5O. The summed E-state index contributed by atoms with van der Waals surface area (Å²) < 4.78 is 5.31. The SMILES string of the molecule is COc1ccc2c(n1)CN1[C@H](C)CN(c3ccc(C#N)c4ncccc34)C[C@H]21. The zero-order valence-electron chi connectivity index (χ0n) is 16.0. The summed E-state index contributed by atoms with van der Waals surface area (Å²) in [5.41, 5.74) is 4.94. The molecule has 0 bridgehead atoms. The van der Waals surface area contributed by atoms with E-state index in [-0.39, 0.29) is 0 Å². The highest BCUT2D eigenvalue weighted by Gasteiger charge is 2.40. The molecule has 4 heterocycles. The number of fused-ring (bicyclic) bond motifs is 4. The number of anilines is 1. The molecule has 0 saturated carbocycles. The first-order valence-corrected chi connectivity index (χ1v) is 9.52. The third-order valence-corrected chi connectivity index (χ3v) is 5.94. The van der Waals surface area contributed by atoms with Crippen LogP contribution in [0.25, 0.3) is 10.9 Å². The Morgan fingerprint density at radius 3 is 2.89 bits per heavy atom. The molecule has 0 spiro atoms. The zero-order valence-corrected chi connectivity index (χ0v) is 16.0. The Morgan fingerprint density at radius 1 is 1.18 bits per heavy atom. The van der Waals surface area contributed by atoms with Crippen LogP contribution in [-0.2, 0) is 6.54 Å². The molecule has 6 heteroatoms. The molecule has 6 nitrogen and oxygen atoms in total. The van der Waals surface area contributed by atoms with E-state index in [0.29, 0.717) is 23.5 Å². The second-order valence-electron chi connectivity index (χ2n) is 7.48. The van der Waals surface area contributed by atoms with Crippen molar-refractivity contribution in [3.05, 3.63) is 59.4 Å². The van der Waals surface area contributed by atoms with Gasteiger partial charge in [-0.15, -0.1) is 0 Å². The van der Waals surface area contributed by atoms with Crippen molar-refractivity contribution in [3.8, 4) is 11.9 Å². The van der Waals surface area contributed by atoms with Crippen molar-refractivity contribution in [1.82, 2.24) is 14.9 Å². The summed E-state index contributed by atoms with van der Waals surface area (Å²) in [7, 11) is 1.66. The lowest BCUT2D eigenvalue weighted by molar-refractivity contribution is 0.133. The normalized spacial score (nSPS) is 21.2. The van der Waals surface area contributed by atoms with Crippen LogP contribution in [0.4, 0.5) is 5.69 Å². The maximum atomic E-state index is 9.43. The highest BCUT2D eigenvalue weighted by Crippen LogP contribution is 2.41. The first kappa shape index (κ1) is 17.0. The summed E-state index contributed by atoms with van der Waals surface area (Å²) in [6.45, 7) is 4.95. The molecule has 1 fully saturated rings. The smallest absolute Gasteiger partial charge is 0.213 e. The molecule has 0 radical (unpaired) electrons. The summed E-state index contributed by atoms with van der Waals surface area (Å²) >= 11 is 0. The van der Waals surface area contributed by atoms with Gasteiger partial charge in [0, 0.05) is 49.0 Å².